The van der Waals surface area contributed by atoms with E-state index in [2.05, 4.69) is 24.2 Å². The van der Waals surface area contributed by atoms with Gasteiger partial charge in [-0.05, 0) is 44.8 Å². The number of rotatable bonds is 5. The zero-order valence-corrected chi connectivity index (χ0v) is 11.4. The Balaban J connectivity index is 2.23. The van der Waals surface area contributed by atoms with Crippen LogP contribution in [0.3, 0.4) is 0 Å². The van der Waals surface area contributed by atoms with Gasteiger partial charge >= 0.3 is 0 Å². The molecule has 3 N–H and O–H groups in total. The van der Waals surface area contributed by atoms with Gasteiger partial charge in [0.1, 0.15) is 0 Å². The summed E-state index contributed by atoms with van der Waals surface area (Å²) in [5.74, 6) is 0.894. The van der Waals surface area contributed by atoms with Gasteiger partial charge in [-0.3, -0.25) is 4.79 Å². The van der Waals surface area contributed by atoms with Crippen LogP contribution in [0.5, 0.6) is 0 Å². The maximum atomic E-state index is 11.8. The van der Waals surface area contributed by atoms with Crippen molar-refractivity contribution < 1.29 is 4.79 Å². The lowest BCUT2D eigenvalue weighted by molar-refractivity contribution is -0.123. The molecule has 0 saturated carbocycles. The average molecular weight is 241 g/mol. The molecule has 0 spiro atoms. The van der Waals surface area contributed by atoms with E-state index in [1.54, 1.807) is 0 Å². The quantitative estimate of drug-likeness (QED) is 0.749. The molecule has 1 rings (SSSR count). The average Bonchev–Trinajstić information content (AvgIpc) is 2.35. The van der Waals surface area contributed by atoms with E-state index in [1.807, 2.05) is 6.92 Å². The Labute approximate surface area is 105 Å². The monoisotopic (exact) mass is 241 g/mol. The van der Waals surface area contributed by atoms with Crippen molar-refractivity contribution in [2.45, 2.75) is 39.2 Å². The molecule has 100 valence electrons. The molecular weight excluding hydrogens is 214 g/mol. The number of carbonyl (C=O) groups excluding carboxylic acids is 1. The predicted octanol–water partition coefficient (Wildman–Crippen LogP) is 0.818. The number of piperidine rings is 1. The van der Waals surface area contributed by atoms with E-state index in [0.29, 0.717) is 5.92 Å². The van der Waals surface area contributed by atoms with E-state index in [0.717, 1.165) is 26.1 Å². The largest absolute Gasteiger partial charge is 0.354 e. The second kappa shape index (κ2) is 6.97. The maximum Gasteiger partial charge on any atom is 0.237 e. The Morgan fingerprint density at radius 2 is 2.06 bits per heavy atom. The number of likely N-dealkylation sites (tertiary alicyclic amines) is 1. The third-order valence-electron chi connectivity index (χ3n) is 3.96. The van der Waals surface area contributed by atoms with Crippen LogP contribution in [0.2, 0.25) is 0 Å². The van der Waals surface area contributed by atoms with Gasteiger partial charge in [-0.15, -0.1) is 0 Å². The minimum absolute atomic E-state index is 0.0123. The highest BCUT2D eigenvalue weighted by atomic mass is 16.2. The summed E-state index contributed by atoms with van der Waals surface area (Å²) in [7, 11) is 2.15. The second-order valence-corrected chi connectivity index (χ2v) is 5.40. The van der Waals surface area contributed by atoms with Gasteiger partial charge in [0.25, 0.3) is 0 Å². The molecule has 0 aromatic rings. The van der Waals surface area contributed by atoms with Crippen molar-refractivity contribution in [2.24, 2.45) is 17.6 Å². The minimum Gasteiger partial charge on any atom is -0.354 e. The maximum absolute atomic E-state index is 11.8. The molecule has 1 heterocycles. The van der Waals surface area contributed by atoms with E-state index in [4.69, 9.17) is 5.73 Å². The molecule has 0 radical (unpaired) electrons. The van der Waals surface area contributed by atoms with Crippen molar-refractivity contribution in [3.05, 3.63) is 0 Å². The van der Waals surface area contributed by atoms with Gasteiger partial charge in [0.2, 0.25) is 5.91 Å². The normalized spacial score (nSPS) is 22.1. The first-order chi connectivity index (χ1) is 8.04. The Bertz CT molecular complexity index is 237. The summed E-state index contributed by atoms with van der Waals surface area (Å²) in [4.78, 5) is 14.1. The van der Waals surface area contributed by atoms with Crippen LogP contribution >= 0.6 is 0 Å². The van der Waals surface area contributed by atoms with Gasteiger partial charge in [-0.25, -0.2) is 0 Å². The molecular formula is C13H27N3O. The molecule has 1 fully saturated rings. The van der Waals surface area contributed by atoms with E-state index < -0.39 is 0 Å². The van der Waals surface area contributed by atoms with Crippen molar-refractivity contribution in [3.8, 4) is 0 Å². The topological polar surface area (TPSA) is 58.4 Å². The lowest BCUT2D eigenvalue weighted by atomic mass is 9.96. The first-order valence-electron chi connectivity index (χ1n) is 6.76. The molecule has 0 aromatic heterocycles. The van der Waals surface area contributed by atoms with Gasteiger partial charge in [-0.1, -0.05) is 20.3 Å². The molecule has 17 heavy (non-hydrogen) atoms. The van der Waals surface area contributed by atoms with Crippen molar-refractivity contribution >= 4 is 5.91 Å². The molecule has 4 nitrogen and oxygen atoms in total. The van der Waals surface area contributed by atoms with Crippen molar-refractivity contribution in [2.75, 3.05) is 26.7 Å². The smallest absolute Gasteiger partial charge is 0.237 e. The number of amides is 1. The van der Waals surface area contributed by atoms with Gasteiger partial charge in [0.05, 0.1) is 6.04 Å². The van der Waals surface area contributed by atoms with Crippen LogP contribution in [-0.4, -0.2) is 43.5 Å². The number of nitrogens with one attached hydrogen (secondary N) is 1. The zero-order chi connectivity index (χ0) is 12.8. The molecule has 2 atom stereocenters. The van der Waals surface area contributed by atoms with Crippen LogP contribution in [0.4, 0.5) is 0 Å². The van der Waals surface area contributed by atoms with Crippen LogP contribution in [0.15, 0.2) is 0 Å². The van der Waals surface area contributed by atoms with Crippen LogP contribution in [0.1, 0.15) is 33.1 Å². The summed E-state index contributed by atoms with van der Waals surface area (Å²) in [6.07, 6.45) is 3.30. The summed E-state index contributed by atoms with van der Waals surface area (Å²) >= 11 is 0. The van der Waals surface area contributed by atoms with Crippen LogP contribution < -0.4 is 11.1 Å². The van der Waals surface area contributed by atoms with Crippen LogP contribution in [0.25, 0.3) is 0 Å². The second-order valence-electron chi connectivity index (χ2n) is 5.40. The van der Waals surface area contributed by atoms with Crippen molar-refractivity contribution in [3.63, 3.8) is 0 Å². The summed E-state index contributed by atoms with van der Waals surface area (Å²) in [5, 5.41) is 3.00. The number of hydrogen-bond donors (Lipinski definition) is 2. The van der Waals surface area contributed by atoms with Gasteiger partial charge in [0, 0.05) is 6.54 Å². The van der Waals surface area contributed by atoms with Crippen molar-refractivity contribution in [1.82, 2.24) is 10.2 Å². The lowest BCUT2D eigenvalue weighted by Gasteiger charge is -2.29. The van der Waals surface area contributed by atoms with Crippen molar-refractivity contribution in [1.29, 1.82) is 0 Å². The molecule has 4 heteroatoms. The Morgan fingerprint density at radius 1 is 1.47 bits per heavy atom. The van der Waals surface area contributed by atoms with Crippen LogP contribution in [-0.2, 0) is 4.79 Å². The lowest BCUT2D eigenvalue weighted by Crippen LogP contribution is -2.46. The highest BCUT2D eigenvalue weighted by Gasteiger charge is 2.21. The first kappa shape index (κ1) is 14.5. The van der Waals surface area contributed by atoms with Gasteiger partial charge < -0.3 is 16.0 Å². The van der Waals surface area contributed by atoms with E-state index >= 15 is 0 Å². The first-order valence-corrected chi connectivity index (χ1v) is 6.76. The van der Waals surface area contributed by atoms with E-state index in [1.165, 1.54) is 12.8 Å². The summed E-state index contributed by atoms with van der Waals surface area (Å²) < 4.78 is 0. The molecule has 0 aliphatic carbocycles. The molecule has 1 unspecified atom stereocenters. The summed E-state index contributed by atoms with van der Waals surface area (Å²) in [5.41, 5.74) is 5.89. The van der Waals surface area contributed by atoms with E-state index in [9.17, 15) is 4.79 Å². The molecule has 0 aromatic carbocycles. The fourth-order valence-corrected chi connectivity index (χ4v) is 2.14. The SMILES string of the molecule is CCC(C)[C@H](N)C(=O)NCC1CCN(C)CC1. The third-order valence-corrected chi connectivity index (χ3v) is 3.96. The Kier molecular flexibility index (Phi) is 5.92. The summed E-state index contributed by atoms with van der Waals surface area (Å²) in [6, 6.07) is -0.355. The Morgan fingerprint density at radius 3 is 2.59 bits per heavy atom. The fourth-order valence-electron chi connectivity index (χ4n) is 2.14. The van der Waals surface area contributed by atoms with Gasteiger partial charge in [0.15, 0.2) is 0 Å². The zero-order valence-electron chi connectivity index (χ0n) is 11.4. The molecule has 1 amide bonds. The molecule has 0 bridgehead atoms. The Hall–Kier alpha value is -0.610. The fraction of sp³-hybridized carbons (Fsp3) is 0.923. The molecule has 1 aliphatic heterocycles. The third kappa shape index (κ3) is 4.64. The predicted molar refractivity (Wildman–Crippen MR) is 70.7 cm³/mol. The van der Waals surface area contributed by atoms with Gasteiger partial charge in [-0.2, -0.15) is 0 Å². The highest BCUT2D eigenvalue weighted by Crippen LogP contribution is 2.15. The van der Waals surface area contributed by atoms with E-state index in [-0.39, 0.29) is 17.9 Å². The molecule has 1 saturated heterocycles. The number of nitrogens with zero attached hydrogens (tertiary/aromatic N) is 1. The summed E-state index contributed by atoms with van der Waals surface area (Å²) in [6.45, 7) is 7.15. The standard InChI is InChI=1S/C13H27N3O/c1-4-10(2)12(14)13(17)15-9-11-5-7-16(3)8-6-11/h10-12H,4-9,14H2,1-3H3,(H,15,17)/t10?,12-/m0/s1. The number of nitrogens with two attached hydrogens (primary N) is 1. The highest BCUT2D eigenvalue weighted by molar-refractivity contribution is 5.81. The van der Waals surface area contributed by atoms with Crippen LogP contribution in [0, 0.1) is 11.8 Å². The number of carbonyl (C=O) groups is 1. The molecule has 1 aliphatic rings. The minimum atomic E-state index is -0.355. The number of hydrogen-bond acceptors (Lipinski definition) is 3.